The van der Waals surface area contributed by atoms with Gasteiger partial charge in [-0.05, 0) is 43.0 Å². The number of anilines is 1. The molecule has 6 nitrogen and oxygen atoms in total. The van der Waals surface area contributed by atoms with E-state index in [-0.39, 0.29) is 12.5 Å². The highest BCUT2D eigenvalue weighted by Crippen LogP contribution is 2.23. The van der Waals surface area contributed by atoms with Gasteiger partial charge in [-0.25, -0.2) is 4.79 Å². The second kappa shape index (κ2) is 7.70. The highest BCUT2D eigenvalue weighted by Gasteiger charge is 2.38. The Morgan fingerprint density at radius 3 is 2.87 bits per heavy atom. The fourth-order valence-electron chi connectivity index (χ4n) is 2.23. The summed E-state index contributed by atoms with van der Waals surface area (Å²) >= 11 is 7.60. The number of nitrogens with one attached hydrogen (secondary N) is 2. The van der Waals surface area contributed by atoms with Crippen LogP contribution in [0.2, 0.25) is 5.02 Å². The highest BCUT2D eigenvalue weighted by molar-refractivity contribution is 7.98. The van der Waals surface area contributed by atoms with Gasteiger partial charge in [0.1, 0.15) is 12.6 Å². The van der Waals surface area contributed by atoms with Crippen molar-refractivity contribution in [1.29, 1.82) is 0 Å². The minimum Gasteiger partial charge on any atom is -0.326 e. The van der Waals surface area contributed by atoms with Crippen molar-refractivity contribution in [3.63, 3.8) is 0 Å². The van der Waals surface area contributed by atoms with E-state index in [1.807, 2.05) is 6.26 Å². The maximum absolute atomic E-state index is 12.2. The molecule has 0 saturated carbocycles. The van der Waals surface area contributed by atoms with Gasteiger partial charge in [-0.2, -0.15) is 11.8 Å². The van der Waals surface area contributed by atoms with E-state index < -0.39 is 18.0 Å². The summed E-state index contributed by atoms with van der Waals surface area (Å²) in [5.74, 6) is -0.0373. The quantitative estimate of drug-likeness (QED) is 0.767. The first kappa shape index (κ1) is 17.6. The van der Waals surface area contributed by atoms with Crippen LogP contribution in [-0.2, 0) is 9.59 Å². The summed E-state index contributed by atoms with van der Waals surface area (Å²) in [4.78, 5) is 37.1. The van der Waals surface area contributed by atoms with E-state index in [0.717, 1.165) is 16.2 Å². The summed E-state index contributed by atoms with van der Waals surface area (Å²) in [6.45, 7) is 1.47. The molecule has 2 N–H and O–H groups in total. The Hall–Kier alpha value is -1.73. The van der Waals surface area contributed by atoms with Crippen molar-refractivity contribution in [2.75, 3.05) is 23.9 Å². The molecule has 1 atom stereocenters. The first-order valence-corrected chi connectivity index (χ1v) is 8.87. The maximum atomic E-state index is 12.2. The van der Waals surface area contributed by atoms with E-state index in [0.29, 0.717) is 17.1 Å². The number of carbonyl (C=O) groups excluding carboxylic acids is 3. The molecule has 124 valence electrons. The molecule has 8 heteroatoms. The number of benzene rings is 1. The molecule has 0 unspecified atom stereocenters. The molecule has 1 aromatic carbocycles. The Morgan fingerprint density at radius 1 is 1.43 bits per heavy atom. The first-order valence-electron chi connectivity index (χ1n) is 7.09. The van der Waals surface area contributed by atoms with Gasteiger partial charge in [0.25, 0.3) is 5.91 Å². The number of hydrogen-bond acceptors (Lipinski definition) is 4. The lowest BCUT2D eigenvalue weighted by Crippen LogP contribution is -2.38. The van der Waals surface area contributed by atoms with Gasteiger partial charge in [0.05, 0.1) is 0 Å². The summed E-state index contributed by atoms with van der Waals surface area (Å²) < 4.78 is 0. The van der Waals surface area contributed by atoms with Crippen molar-refractivity contribution in [1.82, 2.24) is 10.2 Å². The molecule has 1 fully saturated rings. The van der Waals surface area contributed by atoms with Gasteiger partial charge in [0.15, 0.2) is 0 Å². The Labute approximate surface area is 143 Å². The minimum absolute atomic E-state index is 0.313. The lowest BCUT2D eigenvalue weighted by Gasteiger charge is -2.14. The van der Waals surface area contributed by atoms with Crippen LogP contribution in [0.4, 0.5) is 10.5 Å². The molecule has 0 aliphatic carbocycles. The summed E-state index contributed by atoms with van der Waals surface area (Å²) in [6.07, 6.45) is 2.48. The van der Waals surface area contributed by atoms with Crippen molar-refractivity contribution >= 4 is 46.9 Å². The summed E-state index contributed by atoms with van der Waals surface area (Å²) in [6, 6.07) is 4.08. The van der Waals surface area contributed by atoms with E-state index in [1.165, 1.54) is 0 Å². The molecule has 4 amide bonds. The fourth-order valence-corrected chi connectivity index (χ4v) is 2.88. The second-order valence-electron chi connectivity index (χ2n) is 5.17. The minimum atomic E-state index is -0.546. The Kier molecular flexibility index (Phi) is 5.90. The maximum Gasteiger partial charge on any atom is 0.325 e. The van der Waals surface area contributed by atoms with Crippen LogP contribution in [0.25, 0.3) is 0 Å². The van der Waals surface area contributed by atoms with Gasteiger partial charge < -0.3 is 10.6 Å². The summed E-state index contributed by atoms with van der Waals surface area (Å²) in [7, 11) is 0. The lowest BCUT2D eigenvalue weighted by atomic mass is 10.2. The molecule has 23 heavy (non-hydrogen) atoms. The van der Waals surface area contributed by atoms with Gasteiger partial charge in [-0.3, -0.25) is 14.5 Å². The van der Waals surface area contributed by atoms with Gasteiger partial charge >= 0.3 is 6.03 Å². The fraction of sp³-hybridized carbons (Fsp3) is 0.400. The molecule has 1 aromatic rings. The predicted octanol–water partition coefficient (Wildman–Crippen LogP) is 2.26. The van der Waals surface area contributed by atoms with Crippen LogP contribution in [0.3, 0.4) is 0 Å². The van der Waals surface area contributed by atoms with E-state index in [4.69, 9.17) is 11.6 Å². The number of rotatable bonds is 6. The van der Waals surface area contributed by atoms with E-state index in [2.05, 4.69) is 10.6 Å². The van der Waals surface area contributed by atoms with Crippen molar-refractivity contribution in [3.05, 3.63) is 28.8 Å². The van der Waals surface area contributed by atoms with Crippen LogP contribution in [-0.4, -0.2) is 47.3 Å². The molecule has 0 aromatic heterocycles. The second-order valence-corrected chi connectivity index (χ2v) is 6.56. The topological polar surface area (TPSA) is 78.5 Å². The summed E-state index contributed by atoms with van der Waals surface area (Å²) in [5.41, 5.74) is 1.30. The highest BCUT2D eigenvalue weighted by atomic mass is 35.5. The normalized spacial score (nSPS) is 17.3. The van der Waals surface area contributed by atoms with Crippen LogP contribution in [0.5, 0.6) is 0 Å². The van der Waals surface area contributed by atoms with Crippen LogP contribution in [0, 0.1) is 6.92 Å². The largest absolute Gasteiger partial charge is 0.326 e. The molecule has 2 rings (SSSR count). The number of nitrogens with zero attached hydrogens (tertiary/aromatic N) is 1. The molecule has 0 radical (unpaired) electrons. The van der Waals surface area contributed by atoms with E-state index in [9.17, 15) is 14.4 Å². The lowest BCUT2D eigenvalue weighted by molar-refractivity contribution is -0.130. The van der Waals surface area contributed by atoms with Gasteiger partial charge in [0.2, 0.25) is 5.91 Å². The number of carbonyl (C=O) groups is 3. The van der Waals surface area contributed by atoms with Crippen LogP contribution in [0.15, 0.2) is 18.2 Å². The van der Waals surface area contributed by atoms with Crippen molar-refractivity contribution in [2.24, 2.45) is 0 Å². The molecular formula is C15H18ClN3O3S. The SMILES string of the molecule is CSCC[C@H]1NC(=O)N(CC(=O)Nc2cccc(Cl)c2C)C1=O. The number of hydrogen-bond donors (Lipinski definition) is 2. The van der Waals surface area contributed by atoms with Gasteiger partial charge in [-0.1, -0.05) is 17.7 Å². The third-order valence-electron chi connectivity index (χ3n) is 3.56. The molecule has 1 aliphatic rings. The molecule has 1 heterocycles. The van der Waals surface area contributed by atoms with Gasteiger partial charge in [0, 0.05) is 10.7 Å². The number of urea groups is 1. The smallest absolute Gasteiger partial charge is 0.325 e. The van der Waals surface area contributed by atoms with Crippen LogP contribution in [0.1, 0.15) is 12.0 Å². The van der Waals surface area contributed by atoms with Crippen molar-refractivity contribution in [2.45, 2.75) is 19.4 Å². The number of amides is 4. The standard InChI is InChI=1S/C15H18ClN3O3S/c1-9-10(16)4-3-5-11(9)17-13(20)8-19-14(21)12(6-7-23-2)18-15(19)22/h3-5,12H,6-8H2,1-2H3,(H,17,20)(H,18,22)/t12-/m1/s1. The third kappa shape index (κ3) is 4.17. The molecule has 1 aliphatic heterocycles. The zero-order valence-corrected chi connectivity index (χ0v) is 14.5. The van der Waals surface area contributed by atoms with Crippen molar-refractivity contribution in [3.8, 4) is 0 Å². The van der Waals surface area contributed by atoms with E-state index >= 15 is 0 Å². The zero-order chi connectivity index (χ0) is 17.0. The Balaban J connectivity index is 1.98. The van der Waals surface area contributed by atoms with Gasteiger partial charge in [-0.15, -0.1) is 0 Å². The average Bonchev–Trinajstić information content (AvgIpc) is 2.77. The Bertz CT molecular complexity index is 638. The monoisotopic (exact) mass is 355 g/mol. The van der Waals surface area contributed by atoms with Crippen LogP contribution >= 0.6 is 23.4 Å². The van der Waals surface area contributed by atoms with Crippen LogP contribution < -0.4 is 10.6 Å². The number of thioether (sulfide) groups is 1. The van der Waals surface area contributed by atoms with Crippen molar-refractivity contribution < 1.29 is 14.4 Å². The molecule has 1 saturated heterocycles. The summed E-state index contributed by atoms with van der Waals surface area (Å²) in [5, 5.41) is 5.81. The third-order valence-corrected chi connectivity index (χ3v) is 4.61. The molecule has 0 spiro atoms. The molecule has 0 bridgehead atoms. The molecular weight excluding hydrogens is 338 g/mol. The van der Waals surface area contributed by atoms with E-state index in [1.54, 1.807) is 36.9 Å². The number of imide groups is 1. The predicted molar refractivity (Wildman–Crippen MR) is 91.9 cm³/mol. The first-order chi connectivity index (χ1) is 10.9. The zero-order valence-electron chi connectivity index (χ0n) is 12.9. The average molecular weight is 356 g/mol. The number of halogens is 1. The Morgan fingerprint density at radius 2 is 2.17 bits per heavy atom.